The Bertz CT molecular complexity index is 3700. The molecule has 0 saturated carbocycles. The third-order valence-electron chi connectivity index (χ3n) is 13.0. The van der Waals surface area contributed by atoms with Gasteiger partial charge in [-0.1, -0.05) is 100 Å². The first kappa shape index (κ1) is 51.6. The molecule has 0 spiro atoms. The van der Waals surface area contributed by atoms with Crippen molar-refractivity contribution >= 4 is 11.4 Å². The average molecular weight is 1410 g/mol. The summed E-state index contributed by atoms with van der Waals surface area (Å²) in [5.41, 5.74) is 13.9. The summed E-state index contributed by atoms with van der Waals surface area (Å²) in [4.78, 5) is 16.1. The van der Waals surface area contributed by atoms with Crippen LogP contribution in [0.15, 0.2) is 232 Å². The molecule has 10 aromatic rings. The molecule has 80 heavy (non-hydrogen) atoms. The van der Waals surface area contributed by atoms with E-state index >= 15 is 0 Å². The molecule has 12 rings (SSSR count). The molecule has 0 fully saturated rings. The van der Waals surface area contributed by atoms with Gasteiger partial charge in [-0.15, -0.1) is 83.2 Å². The first-order valence-corrected chi connectivity index (χ1v) is 26.0. The second-order valence-electron chi connectivity index (χ2n) is 19.2. The zero-order valence-electron chi connectivity index (χ0n) is 51.5. The Morgan fingerprint density at radius 2 is 0.900 bits per heavy atom. The maximum atomic E-state index is 8.02. The summed E-state index contributed by atoms with van der Waals surface area (Å²) in [6, 6.07) is 73.4. The monoisotopic (exact) mass is 1410 g/mol. The fourth-order valence-corrected chi connectivity index (χ4v) is 9.00. The Balaban J connectivity index is 0.000000174. The van der Waals surface area contributed by atoms with E-state index in [0.29, 0.717) is 23.0 Å². The van der Waals surface area contributed by atoms with E-state index in [1.807, 2.05) is 145 Å². The molecule has 8 nitrogen and oxygen atoms in total. The summed E-state index contributed by atoms with van der Waals surface area (Å²) < 4.78 is 49.8. The van der Waals surface area contributed by atoms with Crippen molar-refractivity contribution in [3.05, 3.63) is 291 Å². The van der Waals surface area contributed by atoms with E-state index in [2.05, 4.69) is 153 Å². The molecule has 0 N–H and O–H groups in total. The molecule has 2 aromatic heterocycles. The van der Waals surface area contributed by atoms with Gasteiger partial charge in [0.05, 0.1) is 17.3 Å². The van der Waals surface area contributed by atoms with Gasteiger partial charge in [-0.25, -0.2) is 0 Å². The van der Waals surface area contributed by atoms with Gasteiger partial charge in [0.15, 0.2) is 0 Å². The summed E-state index contributed by atoms with van der Waals surface area (Å²) in [7, 11) is 2.00. The number of benzene rings is 8. The number of aromatic nitrogens is 4. The summed E-state index contributed by atoms with van der Waals surface area (Å²) in [5, 5.41) is 0. The number of aryl methyl sites for hydroxylation is 2. The van der Waals surface area contributed by atoms with Crippen LogP contribution in [-0.2, 0) is 40.2 Å². The topological polar surface area (TPSA) is 48.6 Å². The molecular weight excluding hydrogens is 1340 g/mol. The molecule has 404 valence electrons. The minimum atomic E-state index is -2.20. The van der Waals surface area contributed by atoms with Crippen LogP contribution in [0.4, 0.5) is 11.4 Å². The Morgan fingerprint density at radius 3 is 1.31 bits per heavy atom. The van der Waals surface area contributed by atoms with Gasteiger partial charge in [0, 0.05) is 49.8 Å². The fraction of sp³-hybridized carbons (Fsp3) is 0.143. The number of para-hydroxylation sites is 2. The van der Waals surface area contributed by atoms with Gasteiger partial charge in [0.2, 0.25) is 0 Å². The molecule has 0 saturated heterocycles. The van der Waals surface area contributed by atoms with Crippen molar-refractivity contribution in [2.75, 3.05) is 23.8 Å². The minimum absolute atomic E-state index is 0. The number of nitrogens with zero attached hydrogens (tertiary/aromatic N) is 8. The molecule has 0 unspecified atom stereocenters. The Morgan fingerprint density at radius 1 is 0.475 bits per heavy atom. The Kier molecular flexibility index (Phi) is 18.6. The van der Waals surface area contributed by atoms with Crippen LogP contribution in [0.25, 0.3) is 56.4 Å². The summed E-state index contributed by atoms with van der Waals surface area (Å²) >= 11 is 0. The van der Waals surface area contributed by atoms with Crippen LogP contribution in [0.3, 0.4) is 0 Å². The van der Waals surface area contributed by atoms with Crippen molar-refractivity contribution in [1.82, 2.24) is 28.9 Å². The average Bonchev–Trinajstić information content (AvgIpc) is 2.62. The molecule has 2 aliphatic heterocycles. The zero-order valence-corrected chi connectivity index (χ0v) is 50.3. The molecule has 0 radical (unpaired) electrons. The van der Waals surface area contributed by atoms with Gasteiger partial charge in [0.25, 0.3) is 0 Å². The van der Waals surface area contributed by atoms with Crippen molar-refractivity contribution in [3.8, 4) is 56.4 Å². The molecule has 0 bridgehead atoms. The second-order valence-corrected chi connectivity index (χ2v) is 19.2. The largest absolute Gasteiger partial charge is 3.00 e. The molecule has 0 atom stereocenters. The van der Waals surface area contributed by atoms with Crippen molar-refractivity contribution in [3.63, 3.8) is 0 Å². The van der Waals surface area contributed by atoms with Crippen LogP contribution >= 0.6 is 0 Å². The first-order chi connectivity index (χ1) is 40.4. The first-order valence-electron chi connectivity index (χ1n) is 29.0. The quantitative estimate of drug-likeness (QED) is 0.127. The van der Waals surface area contributed by atoms with E-state index in [-0.39, 0.29) is 46.1 Å². The maximum Gasteiger partial charge on any atom is 3.00 e. The maximum absolute atomic E-state index is 8.02. The van der Waals surface area contributed by atoms with E-state index in [4.69, 9.17) is 13.2 Å². The van der Waals surface area contributed by atoms with Crippen molar-refractivity contribution in [1.29, 1.82) is 0 Å². The molecule has 10 heteroatoms. The van der Waals surface area contributed by atoms with Crippen molar-refractivity contribution < 1.29 is 48.4 Å². The predicted molar refractivity (Wildman–Crippen MR) is 322 cm³/mol. The van der Waals surface area contributed by atoms with Crippen molar-refractivity contribution in [2.45, 2.75) is 53.3 Å². The normalized spacial score (nSPS) is 13.7. The number of rotatable bonds is 10. The Labute approximate surface area is 510 Å². The zero-order chi connectivity index (χ0) is 59.4. The van der Waals surface area contributed by atoms with Gasteiger partial charge in [-0.3, -0.25) is 9.97 Å². The Hall–Kier alpha value is -7.84. The van der Waals surface area contributed by atoms with Gasteiger partial charge in [0.1, 0.15) is 0 Å². The predicted octanol–water partition coefficient (Wildman–Crippen LogP) is 16.5. The van der Waals surface area contributed by atoms with Gasteiger partial charge < -0.3 is 28.7 Å². The summed E-state index contributed by atoms with van der Waals surface area (Å²) in [6.07, 6.45) is 14.6. The number of hydrogen-bond donors (Lipinski definition) is 0. The fourth-order valence-electron chi connectivity index (χ4n) is 9.00. The van der Waals surface area contributed by atoms with E-state index < -0.39 is 13.8 Å². The molecular formula is C70H66Ir2N8. The molecule has 2 aliphatic rings. The summed E-state index contributed by atoms with van der Waals surface area (Å²) in [5.74, 6) is 2.25. The summed E-state index contributed by atoms with van der Waals surface area (Å²) in [6.45, 7) is 9.80. The van der Waals surface area contributed by atoms with Gasteiger partial charge in [-0.2, -0.15) is 74.0 Å². The molecule has 8 aromatic carbocycles. The van der Waals surface area contributed by atoms with E-state index in [0.717, 1.165) is 45.1 Å². The van der Waals surface area contributed by atoms with Crippen LogP contribution in [0.2, 0.25) is 0 Å². The van der Waals surface area contributed by atoms with Gasteiger partial charge >= 0.3 is 40.2 Å². The van der Waals surface area contributed by atoms with Crippen LogP contribution < -0.4 is 9.80 Å². The van der Waals surface area contributed by atoms with Gasteiger partial charge in [-0.05, 0) is 110 Å². The van der Waals surface area contributed by atoms with E-state index in [9.17, 15) is 0 Å². The van der Waals surface area contributed by atoms with Crippen LogP contribution in [-0.4, -0.2) is 42.9 Å². The standard InChI is InChI=1S/C30H25N2.C20H21N2.2C10H10N2.2Ir/c1-22(2)26-20-27(23-12-6-3-7-13-23)29(28(21-26)24-14-8-4-9-15-24)32-19-18-31-30(32)25-16-10-5-11-17-25;1-14(2)18-12-15(3)19(16(4)13-18)22-11-10-21-20(22)17-8-6-5-7-9-17;2*1-11-7-8-12(9-11)10-5-3-2-4-6-10;;/h3-16,18-22H,1-2H3;5-8,10-14H,1-4H3;2*2-5,7-9H,1H3;;/q2*-1;2*-2;2*+3/i;3D3;1D3;;;. The second kappa shape index (κ2) is 28.9. The number of imidazole rings is 2. The van der Waals surface area contributed by atoms with Crippen LogP contribution in [0.1, 0.15) is 70.0 Å². The van der Waals surface area contributed by atoms with Crippen molar-refractivity contribution in [2.24, 2.45) is 0 Å². The van der Waals surface area contributed by atoms with Crippen LogP contribution in [0.5, 0.6) is 0 Å². The molecule has 0 amide bonds. The number of anilines is 2. The van der Waals surface area contributed by atoms with E-state index in [1.54, 1.807) is 29.4 Å². The van der Waals surface area contributed by atoms with E-state index in [1.165, 1.54) is 45.6 Å². The molecule has 0 aliphatic carbocycles. The SMILES string of the molecule is CC(C)c1cc(-c2ccccc2)c(-n2ccnc2-c2[c-]cccc2)c(-c2ccccc2)c1.CN1C=CN(c2[c-]cccc2)[CH-]1.[2H]C([2H])([2H])N1C=CN(c2[c-]cccc2)[CH-]1.[2H]C([2H])([2H])c1cc(C(C)C)cc(C)c1-n1ccnc1-c1[c-]cccc1.[Ir+3].[Ir+3]. The molecule has 4 heterocycles. The number of hydrogen-bond acceptors (Lipinski definition) is 6. The van der Waals surface area contributed by atoms with Crippen LogP contribution in [0, 0.1) is 51.4 Å². The third-order valence-corrected chi connectivity index (χ3v) is 13.0. The smallest absolute Gasteiger partial charge is 0.510 e. The minimum Gasteiger partial charge on any atom is -0.510 e. The third kappa shape index (κ3) is 14.9.